The molecule has 3 fully saturated rings. The predicted molar refractivity (Wildman–Crippen MR) is 165 cm³/mol. The number of rotatable bonds is 8. The number of hydrogen-bond acceptors (Lipinski definition) is 7. The number of nitrogens with zero attached hydrogens (tertiary/aromatic N) is 5. The molecule has 2 aromatic heterocycles. The third kappa shape index (κ3) is 7.06. The normalized spacial score (nSPS) is 22.0. The Morgan fingerprint density at radius 1 is 1.02 bits per heavy atom. The minimum Gasteiger partial charge on any atom is -0.444 e. The zero-order chi connectivity index (χ0) is 29.3. The van der Waals surface area contributed by atoms with Crippen LogP contribution in [0.2, 0.25) is 0 Å². The summed E-state index contributed by atoms with van der Waals surface area (Å²) in [5, 5.41) is 14.6. The van der Waals surface area contributed by atoms with Gasteiger partial charge in [-0.3, -0.25) is 4.90 Å². The number of ether oxygens (including phenoxy) is 1. The molecule has 42 heavy (non-hydrogen) atoms. The van der Waals surface area contributed by atoms with Crippen LogP contribution in [-0.2, 0) is 11.3 Å². The first kappa shape index (κ1) is 28.9. The van der Waals surface area contributed by atoms with Crippen LogP contribution in [-0.4, -0.2) is 80.0 Å². The number of piperazine rings is 1. The van der Waals surface area contributed by atoms with Crippen LogP contribution in [0.5, 0.6) is 0 Å². The highest BCUT2D eigenvalue weighted by Gasteiger charge is 2.27. The first-order chi connectivity index (χ1) is 20.2. The number of anilines is 1. The van der Waals surface area contributed by atoms with Crippen LogP contribution in [0.4, 0.5) is 10.7 Å². The van der Waals surface area contributed by atoms with Gasteiger partial charge in [0.05, 0.1) is 6.10 Å². The van der Waals surface area contributed by atoms with Crippen molar-refractivity contribution in [1.29, 1.82) is 0 Å². The van der Waals surface area contributed by atoms with Crippen LogP contribution in [0.15, 0.2) is 36.7 Å². The summed E-state index contributed by atoms with van der Waals surface area (Å²) in [6, 6.07) is 9.17. The number of nitrogens with one attached hydrogen (secondary N) is 1. The topological polar surface area (TPSA) is 95.8 Å². The fraction of sp³-hybridized carbons (Fsp3) is 0.606. The molecule has 0 atom stereocenters. The van der Waals surface area contributed by atoms with Gasteiger partial charge in [0.1, 0.15) is 11.2 Å². The van der Waals surface area contributed by atoms with Crippen LogP contribution in [0.1, 0.15) is 77.3 Å². The van der Waals surface area contributed by atoms with Crippen LogP contribution < -0.4 is 5.32 Å². The van der Waals surface area contributed by atoms with Gasteiger partial charge in [0.15, 0.2) is 0 Å². The van der Waals surface area contributed by atoms with Crippen LogP contribution in [0.25, 0.3) is 22.2 Å². The molecule has 0 spiro atoms. The molecule has 1 amide bonds. The standard InChI is InChI=1S/C33H46N6O3/c1-33(2,3)42-32(41)38-18-16-37(17-19-38)21-24-6-8-25(9-7-24)29-22-39(26-10-12-27(40)13-11-26)30-28(29)20-35-31(36-30)34-15-14-23-4-5-23/h6-9,20,22-23,26-27,40H,4-5,10-19,21H2,1-3H3,(H,34,35,36). The van der Waals surface area contributed by atoms with Crippen molar-refractivity contribution in [2.75, 3.05) is 38.0 Å². The number of aromatic nitrogens is 3. The van der Waals surface area contributed by atoms with Crippen LogP contribution in [0, 0.1) is 5.92 Å². The maximum absolute atomic E-state index is 12.4. The molecular formula is C33H46N6O3. The summed E-state index contributed by atoms with van der Waals surface area (Å²) < 4.78 is 7.87. The Bertz CT molecular complexity index is 1360. The maximum atomic E-state index is 12.4. The number of fused-ring (bicyclic) bond motifs is 1. The molecule has 0 radical (unpaired) electrons. The molecule has 226 valence electrons. The molecule has 1 aromatic carbocycles. The fourth-order valence-electron chi connectivity index (χ4n) is 6.22. The van der Waals surface area contributed by atoms with Gasteiger partial charge in [-0.05, 0) is 69.9 Å². The van der Waals surface area contributed by atoms with Crippen molar-refractivity contribution in [2.24, 2.45) is 5.92 Å². The minimum absolute atomic E-state index is 0.190. The molecule has 9 heteroatoms. The molecule has 3 heterocycles. The summed E-state index contributed by atoms with van der Waals surface area (Å²) in [6.07, 6.45) is 11.3. The summed E-state index contributed by atoms with van der Waals surface area (Å²) in [5.74, 6) is 1.57. The van der Waals surface area contributed by atoms with E-state index >= 15 is 0 Å². The lowest BCUT2D eigenvalue weighted by Gasteiger charge is -2.35. The number of carbonyl (C=O) groups excluding carboxylic acids is 1. The Labute approximate surface area is 249 Å². The molecule has 3 aliphatic rings. The molecule has 3 aromatic rings. The van der Waals surface area contributed by atoms with E-state index in [1.54, 1.807) is 0 Å². The predicted octanol–water partition coefficient (Wildman–Crippen LogP) is 5.84. The first-order valence-electron chi connectivity index (χ1n) is 15.8. The fourth-order valence-corrected chi connectivity index (χ4v) is 6.22. The van der Waals surface area contributed by atoms with E-state index in [1.165, 1.54) is 24.8 Å². The monoisotopic (exact) mass is 574 g/mol. The van der Waals surface area contributed by atoms with Gasteiger partial charge in [0, 0.05) is 68.7 Å². The smallest absolute Gasteiger partial charge is 0.410 e. The van der Waals surface area contributed by atoms with Gasteiger partial charge in [0.25, 0.3) is 0 Å². The van der Waals surface area contributed by atoms with E-state index in [0.717, 1.165) is 79.9 Å². The second kappa shape index (κ2) is 12.2. The summed E-state index contributed by atoms with van der Waals surface area (Å²) in [6.45, 7) is 10.5. The van der Waals surface area contributed by atoms with Gasteiger partial charge in [0.2, 0.25) is 5.95 Å². The molecular weight excluding hydrogens is 528 g/mol. The van der Waals surface area contributed by atoms with Crippen molar-refractivity contribution in [3.8, 4) is 11.1 Å². The van der Waals surface area contributed by atoms with Gasteiger partial charge < -0.3 is 24.6 Å². The largest absolute Gasteiger partial charge is 0.444 e. The third-order valence-electron chi connectivity index (χ3n) is 8.86. The van der Waals surface area contributed by atoms with E-state index in [4.69, 9.17) is 14.7 Å². The Morgan fingerprint density at radius 2 is 1.74 bits per heavy atom. The Hall–Kier alpha value is -3.17. The van der Waals surface area contributed by atoms with E-state index in [1.807, 2.05) is 31.9 Å². The van der Waals surface area contributed by atoms with Crippen molar-refractivity contribution < 1.29 is 14.6 Å². The summed E-state index contributed by atoms with van der Waals surface area (Å²) >= 11 is 0. The van der Waals surface area contributed by atoms with Crippen molar-refractivity contribution in [1.82, 2.24) is 24.3 Å². The first-order valence-corrected chi connectivity index (χ1v) is 15.8. The van der Waals surface area contributed by atoms with E-state index in [2.05, 4.69) is 45.2 Å². The molecule has 0 bridgehead atoms. The van der Waals surface area contributed by atoms with E-state index in [9.17, 15) is 9.90 Å². The Kier molecular flexibility index (Phi) is 8.41. The van der Waals surface area contributed by atoms with Crippen molar-refractivity contribution in [2.45, 2.75) is 90.0 Å². The Morgan fingerprint density at radius 3 is 2.40 bits per heavy atom. The summed E-state index contributed by atoms with van der Waals surface area (Å²) in [4.78, 5) is 26.3. The molecule has 2 aliphatic carbocycles. The van der Waals surface area contributed by atoms with Crippen LogP contribution in [0.3, 0.4) is 0 Å². The minimum atomic E-state index is -0.470. The van der Waals surface area contributed by atoms with Gasteiger partial charge in [-0.1, -0.05) is 37.1 Å². The van der Waals surface area contributed by atoms with E-state index in [-0.39, 0.29) is 12.2 Å². The SMILES string of the molecule is CC(C)(C)OC(=O)N1CCN(Cc2ccc(-c3cn(C4CCC(O)CC4)c4nc(NCCC5CC5)ncc34)cc2)CC1. The van der Waals surface area contributed by atoms with Gasteiger partial charge in [-0.25, -0.2) is 9.78 Å². The molecule has 1 aliphatic heterocycles. The number of aliphatic hydroxyl groups is 1. The van der Waals surface area contributed by atoms with Crippen molar-refractivity contribution in [3.05, 3.63) is 42.2 Å². The van der Waals surface area contributed by atoms with Crippen molar-refractivity contribution >= 4 is 23.1 Å². The van der Waals surface area contributed by atoms with Crippen LogP contribution >= 0.6 is 0 Å². The number of carbonyl (C=O) groups is 1. The zero-order valence-electron chi connectivity index (χ0n) is 25.4. The molecule has 9 nitrogen and oxygen atoms in total. The highest BCUT2D eigenvalue weighted by Crippen LogP contribution is 2.37. The summed E-state index contributed by atoms with van der Waals surface area (Å²) in [7, 11) is 0. The number of benzene rings is 1. The second-order valence-electron chi connectivity index (χ2n) is 13.4. The lowest BCUT2D eigenvalue weighted by molar-refractivity contribution is 0.0139. The molecule has 2 N–H and O–H groups in total. The number of aliphatic hydroxyl groups excluding tert-OH is 1. The quantitative estimate of drug-likeness (QED) is 0.349. The van der Waals surface area contributed by atoms with Gasteiger partial charge in [-0.15, -0.1) is 0 Å². The van der Waals surface area contributed by atoms with E-state index < -0.39 is 5.60 Å². The highest BCUT2D eigenvalue weighted by molar-refractivity contribution is 5.94. The number of hydrogen-bond donors (Lipinski definition) is 2. The highest BCUT2D eigenvalue weighted by atomic mass is 16.6. The van der Waals surface area contributed by atoms with E-state index in [0.29, 0.717) is 25.1 Å². The Balaban J connectivity index is 1.15. The average molecular weight is 575 g/mol. The number of amides is 1. The third-order valence-corrected chi connectivity index (χ3v) is 8.86. The van der Waals surface area contributed by atoms with Gasteiger partial charge in [-0.2, -0.15) is 4.98 Å². The average Bonchev–Trinajstić information content (AvgIpc) is 3.72. The maximum Gasteiger partial charge on any atom is 0.410 e. The zero-order valence-corrected chi connectivity index (χ0v) is 25.4. The lowest BCUT2D eigenvalue weighted by Crippen LogP contribution is -2.49. The lowest BCUT2D eigenvalue weighted by atomic mass is 9.93. The van der Waals surface area contributed by atoms with Gasteiger partial charge >= 0.3 is 6.09 Å². The molecule has 1 saturated heterocycles. The second-order valence-corrected chi connectivity index (χ2v) is 13.4. The molecule has 2 saturated carbocycles. The molecule has 0 unspecified atom stereocenters. The summed E-state index contributed by atoms with van der Waals surface area (Å²) in [5.41, 5.74) is 4.07. The molecule has 6 rings (SSSR count). The van der Waals surface area contributed by atoms with Crippen molar-refractivity contribution in [3.63, 3.8) is 0 Å².